The van der Waals surface area contributed by atoms with Gasteiger partial charge in [0.1, 0.15) is 5.04 Å². The summed E-state index contributed by atoms with van der Waals surface area (Å²) in [6.07, 6.45) is 6.36. The molecule has 1 atom stereocenters. The number of hydrogen-bond acceptors (Lipinski definition) is 5. The van der Waals surface area contributed by atoms with Gasteiger partial charge in [0.25, 0.3) is 0 Å². The first-order valence-corrected chi connectivity index (χ1v) is 11.0. The van der Waals surface area contributed by atoms with E-state index in [1.54, 1.807) is 11.8 Å². The minimum atomic E-state index is -0.126. The third-order valence-electron chi connectivity index (χ3n) is 5.30. The maximum Gasteiger partial charge on any atom is 0.305 e. The summed E-state index contributed by atoms with van der Waals surface area (Å²) in [5.74, 6) is 0.802. The van der Waals surface area contributed by atoms with E-state index in [1.165, 1.54) is 36.8 Å². The molecule has 2 aromatic rings. The Bertz CT molecular complexity index is 839. The summed E-state index contributed by atoms with van der Waals surface area (Å²) in [6.45, 7) is 2.28. The third kappa shape index (κ3) is 4.32. The molecule has 5 nitrogen and oxygen atoms in total. The molecular weight excluding hydrogens is 358 g/mol. The summed E-state index contributed by atoms with van der Waals surface area (Å²) in [4.78, 5) is 20.0. The Morgan fingerprint density at radius 2 is 2.22 bits per heavy atom. The molecule has 2 aliphatic rings. The fourth-order valence-electron chi connectivity index (χ4n) is 3.91. The van der Waals surface area contributed by atoms with Crippen LogP contribution in [0.5, 0.6) is 0 Å². The van der Waals surface area contributed by atoms with Gasteiger partial charge in [-0.25, -0.2) is 0 Å². The number of carbonyl (C=O) groups is 1. The second kappa shape index (κ2) is 8.38. The highest BCUT2D eigenvalue weighted by Crippen LogP contribution is 2.31. The number of rotatable bonds is 7. The number of hydrogen-bond donors (Lipinski definition) is 2. The number of para-hydroxylation sites is 1. The lowest BCUT2D eigenvalue weighted by Crippen LogP contribution is -2.14. The van der Waals surface area contributed by atoms with Crippen molar-refractivity contribution in [2.24, 2.45) is 4.99 Å². The lowest BCUT2D eigenvalue weighted by molar-refractivity contribution is -0.143. The maximum atomic E-state index is 11.6. The highest BCUT2D eigenvalue weighted by Gasteiger charge is 2.22. The molecule has 1 saturated carbocycles. The van der Waals surface area contributed by atoms with Crippen molar-refractivity contribution in [1.29, 1.82) is 0 Å². The molecule has 0 unspecified atom stereocenters. The zero-order valence-electron chi connectivity index (χ0n) is 15.8. The Balaban J connectivity index is 1.47. The van der Waals surface area contributed by atoms with Crippen molar-refractivity contribution in [3.05, 3.63) is 30.0 Å². The molecule has 2 N–H and O–H groups in total. The van der Waals surface area contributed by atoms with Gasteiger partial charge in [-0.05, 0) is 38.3 Å². The fourth-order valence-corrected chi connectivity index (χ4v) is 4.99. The van der Waals surface area contributed by atoms with Crippen molar-refractivity contribution in [3.8, 4) is 0 Å². The molecule has 2 heterocycles. The zero-order chi connectivity index (χ0) is 18.6. The Kier molecular flexibility index (Phi) is 5.72. The monoisotopic (exact) mass is 385 g/mol. The summed E-state index contributed by atoms with van der Waals surface area (Å²) >= 11 is 1.77. The van der Waals surface area contributed by atoms with Gasteiger partial charge in [-0.15, -0.1) is 11.8 Å². The number of aromatic amines is 1. The van der Waals surface area contributed by atoms with Crippen molar-refractivity contribution in [2.75, 3.05) is 17.7 Å². The van der Waals surface area contributed by atoms with E-state index in [1.807, 2.05) is 6.92 Å². The standard InChI is InChI=1S/C21H27N3O2S/c1-2-26-19(25)11-10-16-13-27-21(23-16)18-12-14-6-5-9-17(20(14)24-18)22-15-7-3-4-8-15/h5-6,9,12,15-16,22,24H,2-4,7-8,10-11,13H2,1H3/t16-/m1/s1. The summed E-state index contributed by atoms with van der Waals surface area (Å²) in [7, 11) is 0. The number of esters is 1. The Labute approximate surface area is 164 Å². The predicted octanol–water partition coefficient (Wildman–Crippen LogP) is 4.73. The SMILES string of the molecule is CCOC(=O)CC[C@@H]1CSC(c2cc3cccc(NC4CCCC4)c3[nH]2)=N1. The maximum absolute atomic E-state index is 11.6. The van der Waals surface area contributed by atoms with E-state index in [4.69, 9.17) is 9.73 Å². The van der Waals surface area contributed by atoms with Crippen LogP contribution in [0.3, 0.4) is 0 Å². The minimum Gasteiger partial charge on any atom is -0.466 e. The molecule has 1 aliphatic carbocycles. The molecule has 1 aliphatic heterocycles. The first-order valence-electron chi connectivity index (χ1n) is 9.98. The van der Waals surface area contributed by atoms with Crippen LogP contribution in [0.1, 0.15) is 51.1 Å². The second-order valence-corrected chi connectivity index (χ2v) is 8.33. The number of benzene rings is 1. The molecule has 0 amide bonds. The number of ether oxygens (including phenoxy) is 1. The van der Waals surface area contributed by atoms with Crippen LogP contribution < -0.4 is 5.32 Å². The normalized spacial score (nSPS) is 20.2. The number of nitrogens with zero attached hydrogens (tertiary/aromatic N) is 1. The van der Waals surface area contributed by atoms with Gasteiger partial charge in [-0.1, -0.05) is 25.0 Å². The average molecular weight is 386 g/mol. The van der Waals surface area contributed by atoms with Gasteiger partial charge in [-0.3, -0.25) is 9.79 Å². The lowest BCUT2D eigenvalue weighted by Gasteiger charge is -2.14. The number of fused-ring (bicyclic) bond motifs is 1. The lowest BCUT2D eigenvalue weighted by atomic mass is 10.2. The van der Waals surface area contributed by atoms with Crippen LogP contribution >= 0.6 is 11.8 Å². The number of H-pyrrole nitrogens is 1. The molecule has 1 aromatic carbocycles. The van der Waals surface area contributed by atoms with Crippen molar-refractivity contribution in [2.45, 2.75) is 57.5 Å². The molecule has 6 heteroatoms. The van der Waals surface area contributed by atoms with Gasteiger partial charge in [-0.2, -0.15) is 0 Å². The zero-order valence-corrected chi connectivity index (χ0v) is 16.6. The van der Waals surface area contributed by atoms with Gasteiger partial charge in [0.15, 0.2) is 0 Å². The first kappa shape index (κ1) is 18.4. The van der Waals surface area contributed by atoms with Gasteiger partial charge in [0.2, 0.25) is 0 Å². The van der Waals surface area contributed by atoms with E-state index < -0.39 is 0 Å². The number of aliphatic imine (C=N–C) groups is 1. The minimum absolute atomic E-state index is 0.126. The molecule has 0 bridgehead atoms. The first-order chi connectivity index (χ1) is 13.2. The van der Waals surface area contributed by atoms with Gasteiger partial charge in [0, 0.05) is 23.6 Å². The summed E-state index contributed by atoms with van der Waals surface area (Å²) < 4.78 is 5.01. The molecule has 4 rings (SSSR count). The van der Waals surface area contributed by atoms with Crippen molar-refractivity contribution >= 4 is 39.4 Å². The predicted molar refractivity (Wildman–Crippen MR) is 113 cm³/mol. The van der Waals surface area contributed by atoms with Gasteiger partial charge in [0.05, 0.1) is 29.5 Å². The molecule has 144 valence electrons. The van der Waals surface area contributed by atoms with Gasteiger partial charge < -0.3 is 15.0 Å². The van der Waals surface area contributed by atoms with Crippen LogP contribution in [0.2, 0.25) is 0 Å². The Morgan fingerprint density at radius 1 is 1.37 bits per heavy atom. The van der Waals surface area contributed by atoms with E-state index in [2.05, 4.69) is 34.6 Å². The van der Waals surface area contributed by atoms with Crippen molar-refractivity contribution in [3.63, 3.8) is 0 Å². The largest absolute Gasteiger partial charge is 0.466 e. The Morgan fingerprint density at radius 3 is 3.04 bits per heavy atom. The van der Waals surface area contributed by atoms with Crippen LogP contribution in [0, 0.1) is 0 Å². The quantitative estimate of drug-likeness (QED) is 0.676. The van der Waals surface area contributed by atoms with Crippen LogP contribution in [-0.4, -0.2) is 40.4 Å². The van der Waals surface area contributed by atoms with E-state index in [-0.39, 0.29) is 12.0 Å². The number of aromatic nitrogens is 1. The molecule has 0 saturated heterocycles. The number of nitrogens with one attached hydrogen (secondary N) is 2. The number of carbonyl (C=O) groups excluding carboxylic acids is 1. The average Bonchev–Trinajstić information content (AvgIpc) is 3.40. The summed E-state index contributed by atoms with van der Waals surface area (Å²) in [5, 5.41) is 5.97. The van der Waals surface area contributed by atoms with E-state index in [9.17, 15) is 4.79 Å². The van der Waals surface area contributed by atoms with E-state index in [0.717, 1.165) is 28.4 Å². The van der Waals surface area contributed by atoms with E-state index >= 15 is 0 Å². The van der Waals surface area contributed by atoms with Crippen LogP contribution in [0.15, 0.2) is 29.3 Å². The summed E-state index contributed by atoms with van der Waals surface area (Å²) in [6, 6.07) is 9.39. The molecule has 1 fully saturated rings. The highest BCUT2D eigenvalue weighted by molar-refractivity contribution is 8.14. The van der Waals surface area contributed by atoms with Crippen molar-refractivity contribution in [1.82, 2.24) is 4.98 Å². The van der Waals surface area contributed by atoms with Crippen molar-refractivity contribution < 1.29 is 9.53 Å². The van der Waals surface area contributed by atoms with E-state index in [0.29, 0.717) is 19.1 Å². The molecule has 27 heavy (non-hydrogen) atoms. The molecule has 0 spiro atoms. The summed E-state index contributed by atoms with van der Waals surface area (Å²) in [5.41, 5.74) is 3.43. The number of anilines is 1. The van der Waals surface area contributed by atoms with Crippen LogP contribution in [-0.2, 0) is 9.53 Å². The second-order valence-electron chi connectivity index (χ2n) is 7.32. The smallest absolute Gasteiger partial charge is 0.305 e. The van der Waals surface area contributed by atoms with Gasteiger partial charge >= 0.3 is 5.97 Å². The third-order valence-corrected chi connectivity index (χ3v) is 6.45. The highest BCUT2D eigenvalue weighted by atomic mass is 32.2. The fraction of sp³-hybridized carbons (Fsp3) is 0.524. The van der Waals surface area contributed by atoms with Crippen LogP contribution in [0.4, 0.5) is 5.69 Å². The Hall–Kier alpha value is -1.95. The number of thioether (sulfide) groups is 1. The molecule has 0 radical (unpaired) electrons. The topological polar surface area (TPSA) is 66.5 Å². The molecule has 1 aromatic heterocycles. The molecular formula is C21H27N3O2S. The van der Waals surface area contributed by atoms with Crippen LogP contribution in [0.25, 0.3) is 10.9 Å².